The van der Waals surface area contributed by atoms with Crippen molar-refractivity contribution >= 4 is 5.91 Å². The van der Waals surface area contributed by atoms with E-state index in [0.29, 0.717) is 12.2 Å². The highest BCUT2D eigenvalue weighted by molar-refractivity contribution is 5.81. The number of amides is 1. The first-order chi connectivity index (χ1) is 12.1. The molecule has 2 rings (SSSR count). The molecule has 2 atom stereocenters. The first-order valence-corrected chi connectivity index (χ1v) is 8.77. The number of ether oxygens (including phenoxy) is 2. The van der Waals surface area contributed by atoms with Crippen molar-refractivity contribution in [3.05, 3.63) is 60.2 Å². The fraction of sp³-hybridized carbons (Fsp3) is 0.381. The summed E-state index contributed by atoms with van der Waals surface area (Å²) in [5.74, 6) is 1.36. The van der Waals surface area contributed by atoms with E-state index in [0.717, 1.165) is 18.6 Å². The average molecular weight is 341 g/mol. The molecule has 0 fully saturated rings. The Balaban J connectivity index is 1.83. The quantitative estimate of drug-likeness (QED) is 0.750. The van der Waals surface area contributed by atoms with Gasteiger partial charge in [-0.05, 0) is 56.0 Å². The van der Waals surface area contributed by atoms with Crippen LogP contribution in [-0.4, -0.2) is 25.2 Å². The fourth-order valence-corrected chi connectivity index (χ4v) is 2.58. The maximum Gasteiger partial charge on any atom is 0.261 e. The van der Waals surface area contributed by atoms with Crippen molar-refractivity contribution in [2.24, 2.45) is 0 Å². The van der Waals surface area contributed by atoms with Gasteiger partial charge in [0.15, 0.2) is 6.10 Å². The molecule has 0 aliphatic heterocycles. The molecule has 1 amide bonds. The van der Waals surface area contributed by atoms with Gasteiger partial charge in [0.2, 0.25) is 0 Å². The predicted octanol–water partition coefficient (Wildman–Crippen LogP) is 3.99. The lowest BCUT2D eigenvalue weighted by atomic mass is 10.1. The highest BCUT2D eigenvalue weighted by Crippen LogP contribution is 2.19. The molecule has 2 aromatic carbocycles. The molecule has 0 bridgehead atoms. The van der Waals surface area contributed by atoms with Crippen LogP contribution < -0.4 is 14.8 Å². The Bertz CT molecular complexity index is 640. The summed E-state index contributed by atoms with van der Waals surface area (Å²) in [5, 5.41) is 3.06. The Hall–Kier alpha value is -2.49. The molecular weight excluding hydrogens is 314 g/mol. The number of nitrogens with one attached hydrogen (secondary N) is 1. The van der Waals surface area contributed by atoms with E-state index in [9.17, 15) is 4.79 Å². The highest BCUT2D eigenvalue weighted by atomic mass is 16.5. The lowest BCUT2D eigenvalue weighted by Gasteiger charge is -2.20. The van der Waals surface area contributed by atoms with Gasteiger partial charge in [0.25, 0.3) is 5.91 Å². The van der Waals surface area contributed by atoms with Crippen LogP contribution in [0.15, 0.2) is 54.6 Å². The SMILES string of the molecule is CC[C@H](Oc1ccc(OC)cc1)C(=O)N[C@@H](C)CCc1ccccc1. The first-order valence-electron chi connectivity index (χ1n) is 8.77. The standard InChI is InChI=1S/C21H27NO3/c1-4-20(25-19-14-12-18(24-3)13-15-19)21(23)22-16(2)10-11-17-8-6-5-7-9-17/h5-9,12-16,20H,4,10-11H2,1-3H3,(H,22,23)/t16-,20-/m0/s1. The van der Waals surface area contributed by atoms with Gasteiger partial charge in [0.1, 0.15) is 11.5 Å². The number of carbonyl (C=O) groups is 1. The van der Waals surface area contributed by atoms with Crippen molar-refractivity contribution in [3.63, 3.8) is 0 Å². The molecule has 0 saturated carbocycles. The van der Waals surface area contributed by atoms with E-state index in [1.54, 1.807) is 7.11 Å². The molecule has 0 heterocycles. The molecule has 2 aromatic rings. The Kier molecular flexibility index (Phi) is 7.33. The minimum Gasteiger partial charge on any atom is -0.497 e. The van der Waals surface area contributed by atoms with Crippen LogP contribution in [0.4, 0.5) is 0 Å². The molecule has 25 heavy (non-hydrogen) atoms. The van der Waals surface area contributed by atoms with E-state index in [-0.39, 0.29) is 11.9 Å². The lowest BCUT2D eigenvalue weighted by Crippen LogP contribution is -2.42. The third-order valence-electron chi connectivity index (χ3n) is 4.10. The summed E-state index contributed by atoms with van der Waals surface area (Å²) in [4.78, 5) is 12.5. The van der Waals surface area contributed by atoms with E-state index >= 15 is 0 Å². The van der Waals surface area contributed by atoms with Crippen molar-refractivity contribution in [2.45, 2.75) is 45.3 Å². The van der Waals surface area contributed by atoms with Crippen molar-refractivity contribution in [1.82, 2.24) is 5.32 Å². The molecule has 0 radical (unpaired) electrons. The zero-order chi connectivity index (χ0) is 18.1. The van der Waals surface area contributed by atoms with Crippen LogP contribution in [0.25, 0.3) is 0 Å². The minimum absolute atomic E-state index is 0.0705. The van der Waals surface area contributed by atoms with Crippen LogP contribution in [0.3, 0.4) is 0 Å². The summed E-state index contributed by atoms with van der Waals surface area (Å²) in [5.41, 5.74) is 1.28. The van der Waals surface area contributed by atoms with Gasteiger partial charge in [-0.15, -0.1) is 0 Å². The summed E-state index contributed by atoms with van der Waals surface area (Å²) in [6, 6.07) is 17.7. The van der Waals surface area contributed by atoms with Gasteiger partial charge in [0, 0.05) is 6.04 Å². The van der Waals surface area contributed by atoms with Gasteiger partial charge >= 0.3 is 0 Å². The van der Waals surface area contributed by atoms with E-state index < -0.39 is 6.10 Å². The minimum atomic E-state index is -0.493. The second-order valence-electron chi connectivity index (χ2n) is 6.12. The molecule has 0 unspecified atom stereocenters. The van der Waals surface area contributed by atoms with Gasteiger partial charge in [-0.3, -0.25) is 4.79 Å². The van der Waals surface area contributed by atoms with Gasteiger partial charge in [-0.2, -0.15) is 0 Å². The van der Waals surface area contributed by atoms with Crippen molar-refractivity contribution in [3.8, 4) is 11.5 Å². The van der Waals surface area contributed by atoms with Gasteiger partial charge < -0.3 is 14.8 Å². The monoisotopic (exact) mass is 341 g/mol. The number of hydrogen-bond acceptors (Lipinski definition) is 3. The Morgan fingerprint density at radius 3 is 2.28 bits per heavy atom. The zero-order valence-electron chi connectivity index (χ0n) is 15.2. The van der Waals surface area contributed by atoms with Crippen molar-refractivity contribution in [1.29, 1.82) is 0 Å². The van der Waals surface area contributed by atoms with Crippen LogP contribution in [0.1, 0.15) is 32.3 Å². The molecule has 4 nitrogen and oxygen atoms in total. The second-order valence-corrected chi connectivity index (χ2v) is 6.12. The summed E-state index contributed by atoms with van der Waals surface area (Å²) in [6.07, 6.45) is 1.96. The third-order valence-corrected chi connectivity index (χ3v) is 4.10. The fourth-order valence-electron chi connectivity index (χ4n) is 2.58. The highest BCUT2D eigenvalue weighted by Gasteiger charge is 2.20. The van der Waals surface area contributed by atoms with Crippen molar-refractivity contribution < 1.29 is 14.3 Å². The van der Waals surface area contributed by atoms with Gasteiger partial charge in [-0.25, -0.2) is 0 Å². The molecule has 0 aliphatic carbocycles. The van der Waals surface area contributed by atoms with Gasteiger partial charge in [0.05, 0.1) is 7.11 Å². The zero-order valence-corrected chi connectivity index (χ0v) is 15.2. The molecule has 0 aliphatic rings. The Labute approximate surface area is 150 Å². The number of carbonyl (C=O) groups excluding carboxylic acids is 1. The Morgan fingerprint density at radius 1 is 1.04 bits per heavy atom. The molecular formula is C21H27NO3. The molecule has 4 heteroatoms. The molecule has 0 spiro atoms. The smallest absolute Gasteiger partial charge is 0.261 e. The van der Waals surface area contributed by atoms with Crippen LogP contribution >= 0.6 is 0 Å². The van der Waals surface area contributed by atoms with Crippen LogP contribution in [0, 0.1) is 0 Å². The third kappa shape index (κ3) is 6.14. The summed E-state index contributed by atoms with van der Waals surface area (Å²) in [6.45, 7) is 3.98. The number of hydrogen-bond donors (Lipinski definition) is 1. The topological polar surface area (TPSA) is 47.6 Å². The van der Waals surface area contributed by atoms with Gasteiger partial charge in [-0.1, -0.05) is 37.3 Å². The van der Waals surface area contributed by atoms with Crippen LogP contribution in [0.5, 0.6) is 11.5 Å². The van der Waals surface area contributed by atoms with Crippen LogP contribution in [-0.2, 0) is 11.2 Å². The number of benzene rings is 2. The Morgan fingerprint density at radius 2 is 1.68 bits per heavy atom. The first kappa shape index (κ1) is 18.8. The maximum atomic E-state index is 12.5. The molecule has 0 saturated heterocycles. The molecule has 0 aromatic heterocycles. The summed E-state index contributed by atoms with van der Waals surface area (Å²) in [7, 11) is 1.62. The van der Waals surface area contributed by atoms with E-state index in [1.165, 1.54) is 5.56 Å². The van der Waals surface area contributed by atoms with Crippen molar-refractivity contribution in [2.75, 3.05) is 7.11 Å². The maximum absolute atomic E-state index is 12.5. The normalized spacial score (nSPS) is 12.9. The second kappa shape index (κ2) is 9.72. The average Bonchev–Trinajstić information content (AvgIpc) is 2.65. The van der Waals surface area contributed by atoms with E-state index in [1.807, 2.05) is 56.3 Å². The van der Waals surface area contributed by atoms with Crippen LogP contribution in [0.2, 0.25) is 0 Å². The molecule has 1 N–H and O–H groups in total. The largest absolute Gasteiger partial charge is 0.497 e. The molecule has 134 valence electrons. The van der Waals surface area contributed by atoms with E-state index in [2.05, 4.69) is 17.4 Å². The number of aryl methyl sites for hydroxylation is 1. The number of rotatable bonds is 9. The summed E-state index contributed by atoms with van der Waals surface area (Å²) >= 11 is 0. The lowest BCUT2D eigenvalue weighted by molar-refractivity contribution is -0.128. The number of methoxy groups -OCH3 is 1. The predicted molar refractivity (Wildman–Crippen MR) is 100 cm³/mol. The summed E-state index contributed by atoms with van der Waals surface area (Å²) < 4.78 is 11.0. The van der Waals surface area contributed by atoms with E-state index in [4.69, 9.17) is 9.47 Å².